The molecule has 0 aliphatic rings. The van der Waals surface area contributed by atoms with Crippen LogP contribution in [-0.4, -0.2) is 74.8 Å². The van der Waals surface area contributed by atoms with E-state index in [1.165, 1.54) is 31.2 Å². The van der Waals surface area contributed by atoms with E-state index in [1.807, 2.05) is 24.3 Å². The van der Waals surface area contributed by atoms with Crippen molar-refractivity contribution >= 4 is 128 Å². The van der Waals surface area contributed by atoms with Gasteiger partial charge in [-0.2, -0.15) is 47.4 Å². The quantitative estimate of drug-likeness (QED) is 0.0394. The Labute approximate surface area is 411 Å². The summed E-state index contributed by atoms with van der Waals surface area (Å²) in [7, 11) is -25.0. The first-order chi connectivity index (χ1) is 33.7. The van der Waals surface area contributed by atoms with Crippen LogP contribution >= 0.6 is 11.3 Å². The molecule has 0 spiro atoms. The largest absolute Gasteiger partial charge is 0.339 e. The molecule has 0 saturated carbocycles. The molecular formula is C42H29N9O15S6. The maximum Gasteiger partial charge on any atom is 0.295 e. The van der Waals surface area contributed by atoms with Gasteiger partial charge in [0, 0.05) is 33.3 Å². The minimum Gasteiger partial charge on any atom is -0.339 e. The second kappa shape index (κ2) is 18.9. The van der Waals surface area contributed by atoms with Crippen molar-refractivity contribution in [2.24, 2.45) is 20.5 Å². The molecule has 6 aromatic carbocycles. The van der Waals surface area contributed by atoms with Crippen molar-refractivity contribution < 1.29 is 64.9 Å². The number of fused-ring (bicyclic) bond motifs is 2. The molecule has 24 nitrogen and oxygen atoms in total. The Balaban J connectivity index is 1.27. The SMILES string of the molecule is Cc1c(C#N)c(Nc2ccc(S(=O)(=O)O)cc2)nc(Nc2ccc(S(=O)(=O)O)cc2)c1N=Nc1nc(-c2ccc3ccccc3c2)c(N=Nc2cc(S(=O)(=O)O)c3cc(S(=O)(=O)O)cc(S(=O)(=O)O)c3c2)s1. The topological polar surface area (TPSA) is 395 Å². The number of nitriles is 1. The number of anilines is 4. The van der Waals surface area contributed by atoms with E-state index in [1.54, 1.807) is 24.3 Å². The lowest BCUT2D eigenvalue weighted by Gasteiger charge is -2.16. The molecule has 8 rings (SSSR count). The lowest BCUT2D eigenvalue weighted by Crippen LogP contribution is -2.07. The van der Waals surface area contributed by atoms with E-state index in [-0.39, 0.29) is 55.7 Å². The van der Waals surface area contributed by atoms with E-state index in [0.29, 0.717) is 17.7 Å². The molecule has 0 fully saturated rings. The van der Waals surface area contributed by atoms with E-state index in [9.17, 15) is 70.1 Å². The van der Waals surface area contributed by atoms with Crippen molar-refractivity contribution in [3.05, 3.63) is 126 Å². The Morgan fingerprint density at radius 1 is 0.542 bits per heavy atom. The number of aromatic nitrogens is 2. The number of nitrogens with one attached hydrogen (secondary N) is 2. The maximum atomic E-state index is 12.7. The fourth-order valence-electron chi connectivity index (χ4n) is 6.95. The summed E-state index contributed by atoms with van der Waals surface area (Å²) in [6, 6.07) is 26.7. The molecule has 30 heteroatoms. The highest BCUT2D eigenvalue weighted by Crippen LogP contribution is 2.44. The molecule has 7 N–H and O–H groups in total. The van der Waals surface area contributed by atoms with Gasteiger partial charge in [0.1, 0.15) is 27.2 Å². The van der Waals surface area contributed by atoms with Gasteiger partial charge in [-0.15, -0.1) is 20.5 Å². The number of azo groups is 2. The van der Waals surface area contributed by atoms with Crippen LogP contribution in [0.5, 0.6) is 0 Å². The monoisotopic (exact) mass is 1090 g/mol. The lowest BCUT2D eigenvalue weighted by atomic mass is 10.1. The summed E-state index contributed by atoms with van der Waals surface area (Å²) in [4.78, 5) is 4.98. The van der Waals surface area contributed by atoms with E-state index < -0.39 is 91.5 Å². The van der Waals surface area contributed by atoms with Gasteiger partial charge in [0.25, 0.3) is 50.6 Å². The molecule has 0 amide bonds. The Morgan fingerprint density at radius 3 is 1.64 bits per heavy atom. The predicted octanol–water partition coefficient (Wildman–Crippen LogP) is 9.24. The average Bonchev–Trinajstić information content (AvgIpc) is 3.71. The first-order valence-corrected chi connectivity index (χ1v) is 27.7. The minimum absolute atomic E-state index is 0.0196. The van der Waals surface area contributed by atoms with Gasteiger partial charge in [-0.1, -0.05) is 47.7 Å². The second-order valence-corrected chi connectivity index (χ2v) is 23.0. The number of pyridine rings is 1. The van der Waals surface area contributed by atoms with Crippen LogP contribution in [0.4, 0.5) is 44.5 Å². The highest BCUT2D eigenvalue weighted by molar-refractivity contribution is 7.87. The van der Waals surface area contributed by atoms with Gasteiger partial charge in [-0.25, -0.2) is 9.97 Å². The second-order valence-electron chi connectivity index (χ2n) is 15.0. The van der Waals surface area contributed by atoms with Gasteiger partial charge < -0.3 is 10.6 Å². The third-order valence-corrected chi connectivity index (χ3v) is 15.5. The zero-order valence-electron chi connectivity index (χ0n) is 35.9. The Morgan fingerprint density at radius 2 is 1.08 bits per heavy atom. The van der Waals surface area contributed by atoms with Crippen molar-refractivity contribution in [3.8, 4) is 17.3 Å². The van der Waals surface area contributed by atoms with Gasteiger partial charge in [0.15, 0.2) is 16.6 Å². The zero-order valence-corrected chi connectivity index (χ0v) is 40.8. The van der Waals surface area contributed by atoms with E-state index in [0.717, 1.165) is 58.5 Å². The molecule has 0 atom stereocenters. The highest BCUT2D eigenvalue weighted by atomic mass is 32.2. The number of rotatable bonds is 14. The van der Waals surface area contributed by atoms with E-state index in [4.69, 9.17) is 0 Å². The van der Waals surface area contributed by atoms with Gasteiger partial charge in [0.2, 0.25) is 5.13 Å². The molecule has 368 valence electrons. The van der Waals surface area contributed by atoms with E-state index >= 15 is 0 Å². The fourth-order valence-corrected chi connectivity index (χ4v) is 10.7. The summed E-state index contributed by atoms with van der Waals surface area (Å²) in [6.45, 7) is 1.50. The summed E-state index contributed by atoms with van der Waals surface area (Å²) in [6.07, 6.45) is 0. The highest BCUT2D eigenvalue weighted by Gasteiger charge is 2.26. The van der Waals surface area contributed by atoms with Crippen molar-refractivity contribution in [1.82, 2.24) is 9.97 Å². The smallest absolute Gasteiger partial charge is 0.295 e. The number of nitrogens with zero attached hydrogens (tertiary/aromatic N) is 7. The lowest BCUT2D eigenvalue weighted by molar-refractivity contribution is 0.478. The van der Waals surface area contributed by atoms with Crippen LogP contribution in [-0.2, 0) is 50.6 Å². The van der Waals surface area contributed by atoms with E-state index in [2.05, 4.69) is 41.1 Å². The summed E-state index contributed by atoms with van der Waals surface area (Å²) in [5.74, 6) is -0.161. The van der Waals surface area contributed by atoms with Gasteiger partial charge in [-0.3, -0.25) is 22.8 Å². The van der Waals surface area contributed by atoms with Crippen LogP contribution in [0, 0.1) is 18.3 Å². The van der Waals surface area contributed by atoms with Crippen molar-refractivity contribution in [1.29, 1.82) is 5.26 Å². The molecular weight excluding hydrogens is 1060 g/mol. The molecule has 0 saturated heterocycles. The van der Waals surface area contributed by atoms with Crippen LogP contribution in [0.3, 0.4) is 0 Å². The molecule has 2 aromatic heterocycles. The molecule has 0 radical (unpaired) electrons. The Bertz CT molecular complexity index is 4260. The number of thiazole rings is 1. The van der Waals surface area contributed by atoms with Gasteiger partial charge >= 0.3 is 0 Å². The first kappa shape index (κ1) is 50.8. The molecule has 0 unspecified atom stereocenters. The molecule has 0 aliphatic heterocycles. The van der Waals surface area contributed by atoms with Crippen molar-refractivity contribution in [3.63, 3.8) is 0 Å². The fraction of sp³-hybridized carbons (Fsp3) is 0.0238. The standard InChI is InChI=1S/C42H29N9O15S6/c1-22-34(21-43)39(44-26-8-12-29(13-9-26)68(52,53)54)47-40(45-27-10-14-30(15-11-27)69(55,56)57)37(22)49-51-42-46-38(25-7-6-23-4-2-3-5-24(23)16-25)41(67-42)50-48-28-17-32-33(35(18-28)71(61,62)63)19-31(70(58,59)60)20-36(32)72(64,65)66/h2-20H,1H3,(H2,44,45,47)(H,52,53,54)(H,55,56,57)(H,58,59,60)(H,61,62,63)(H,64,65,66). The summed E-state index contributed by atoms with van der Waals surface area (Å²) in [5, 5.41) is 33.5. The van der Waals surface area contributed by atoms with Gasteiger partial charge in [-0.05, 0) is 96.6 Å². The van der Waals surface area contributed by atoms with Crippen molar-refractivity contribution in [2.75, 3.05) is 10.6 Å². The van der Waals surface area contributed by atoms with Crippen LogP contribution < -0.4 is 10.6 Å². The maximum absolute atomic E-state index is 12.7. The van der Waals surface area contributed by atoms with Crippen LogP contribution in [0.25, 0.3) is 32.8 Å². The molecule has 72 heavy (non-hydrogen) atoms. The molecule has 2 heterocycles. The first-order valence-electron chi connectivity index (χ1n) is 19.7. The third kappa shape index (κ3) is 11.0. The number of hydrogen-bond donors (Lipinski definition) is 7. The van der Waals surface area contributed by atoms with Crippen LogP contribution in [0.1, 0.15) is 11.1 Å². The molecule has 8 aromatic rings. The number of benzene rings is 6. The number of hydrogen-bond acceptors (Lipinski definition) is 20. The predicted molar refractivity (Wildman–Crippen MR) is 260 cm³/mol. The Kier molecular flexibility index (Phi) is 13.3. The Hall–Kier alpha value is -7.54. The average molecular weight is 1090 g/mol. The molecule has 0 bridgehead atoms. The summed E-state index contributed by atoms with van der Waals surface area (Å²) in [5.41, 5.74) is 0.588. The van der Waals surface area contributed by atoms with Crippen LogP contribution in [0.2, 0.25) is 0 Å². The summed E-state index contributed by atoms with van der Waals surface area (Å²) >= 11 is 0.772. The van der Waals surface area contributed by atoms with Crippen molar-refractivity contribution in [2.45, 2.75) is 31.4 Å². The van der Waals surface area contributed by atoms with Crippen LogP contribution in [0.15, 0.2) is 160 Å². The zero-order chi connectivity index (χ0) is 52.1. The normalized spacial score (nSPS) is 12.7. The summed E-state index contributed by atoms with van der Waals surface area (Å²) < 4.78 is 170. The van der Waals surface area contributed by atoms with Gasteiger partial charge in [0.05, 0.1) is 25.9 Å². The molecule has 0 aliphatic carbocycles. The minimum atomic E-state index is -5.35. The third-order valence-electron chi connectivity index (χ3n) is 10.3.